The van der Waals surface area contributed by atoms with Crippen LogP contribution in [0, 0.1) is 0 Å². The van der Waals surface area contributed by atoms with Gasteiger partial charge in [0.2, 0.25) is 0 Å². The maximum atomic E-state index is 2.57. The van der Waals surface area contributed by atoms with Crippen molar-refractivity contribution in [2.75, 3.05) is 0 Å². The first-order chi connectivity index (χ1) is 3.48. The lowest BCUT2D eigenvalue weighted by Gasteiger charge is -2.21. The Balaban J connectivity index is 3.62. The van der Waals surface area contributed by atoms with E-state index < -0.39 is 8.07 Å². The lowest BCUT2D eigenvalue weighted by molar-refractivity contribution is 1.04. The summed E-state index contributed by atoms with van der Waals surface area (Å²) in [5.41, 5.74) is 0. The molecule has 0 nitrogen and oxygen atoms in total. The number of hydrogen-bond donors (Lipinski definition) is 0. The van der Waals surface area contributed by atoms with Crippen molar-refractivity contribution in [2.24, 2.45) is 0 Å². The highest BCUT2D eigenvalue weighted by Gasteiger charge is 2.21. The molecule has 1 unspecified atom stereocenters. The standard InChI is InChI=1S/C6H15ISi/c1-5-6(7)8(2,3)4/h6H,5H2,1-4H3. The predicted molar refractivity (Wildman–Crippen MR) is 51.4 cm³/mol. The zero-order valence-corrected chi connectivity index (χ0v) is 9.32. The summed E-state index contributed by atoms with van der Waals surface area (Å²) in [7, 11) is -0.774. The van der Waals surface area contributed by atoms with Crippen molar-refractivity contribution >= 4 is 30.7 Å². The minimum atomic E-state index is -0.774. The van der Waals surface area contributed by atoms with Gasteiger partial charge in [-0.2, -0.15) is 0 Å². The molecule has 2 heteroatoms. The Bertz CT molecular complexity index is 65.4. The number of alkyl halides is 1. The first-order valence-electron chi connectivity index (χ1n) is 3.12. The Hall–Kier alpha value is 0.947. The van der Waals surface area contributed by atoms with Gasteiger partial charge in [-0.3, -0.25) is 0 Å². The second kappa shape index (κ2) is 3.20. The monoisotopic (exact) mass is 242 g/mol. The molecule has 0 rings (SSSR count). The maximum Gasteiger partial charge on any atom is 0.0585 e. The van der Waals surface area contributed by atoms with Crippen LogP contribution in [0.2, 0.25) is 19.6 Å². The molecule has 0 aromatic carbocycles. The minimum Gasteiger partial charge on any atom is -0.0861 e. The van der Waals surface area contributed by atoms with Gasteiger partial charge in [0, 0.05) is 3.55 Å². The van der Waals surface area contributed by atoms with E-state index in [0.29, 0.717) is 0 Å². The number of hydrogen-bond acceptors (Lipinski definition) is 0. The Morgan fingerprint density at radius 1 is 1.38 bits per heavy atom. The first kappa shape index (κ1) is 8.95. The van der Waals surface area contributed by atoms with Crippen LogP contribution < -0.4 is 0 Å². The Morgan fingerprint density at radius 2 is 1.75 bits per heavy atom. The van der Waals surface area contributed by atoms with Crippen molar-refractivity contribution in [1.29, 1.82) is 0 Å². The smallest absolute Gasteiger partial charge is 0.0585 e. The summed E-state index contributed by atoms with van der Waals surface area (Å²) in [4.78, 5) is 0. The van der Waals surface area contributed by atoms with Gasteiger partial charge in [0.25, 0.3) is 0 Å². The van der Waals surface area contributed by atoms with E-state index in [2.05, 4.69) is 49.2 Å². The summed E-state index contributed by atoms with van der Waals surface area (Å²) in [6.45, 7) is 9.55. The molecule has 1 atom stereocenters. The van der Waals surface area contributed by atoms with Crippen molar-refractivity contribution in [3.8, 4) is 0 Å². The summed E-state index contributed by atoms with van der Waals surface area (Å²) in [6.07, 6.45) is 1.34. The highest BCUT2D eigenvalue weighted by Crippen LogP contribution is 2.18. The van der Waals surface area contributed by atoms with E-state index >= 15 is 0 Å². The quantitative estimate of drug-likeness (QED) is 0.396. The fourth-order valence-corrected chi connectivity index (χ4v) is 1.84. The van der Waals surface area contributed by atoms with Crippen LogP contribution in [-0.4, -0.2) is 11.6 Å². The van der Waals surface area contributed by atoms with E-state index in [1.54, 1.807) is 0 Å². The van der Waals surface area contributed by atoms with Crippen LogP contribution in [0.4, 0.5) is 0 Å². The maximum absolute atomic E-state index is 2.57. The SMILES string of the molecule is CCC(I)[Si](C)(C)C. The Kier molecular flexibility index (Phi) is 3.58. The van der Waals surface area contributed by atoms with E-state index in [-0.39, 0.29) is 0 Å². The van der Waals surface area contributed by atoms with Gasteiger partial charge in [-0.15, -0.1) is 0 Å². The van der Waals surface area contributed by atoms with Crippen LogP contribution in [0.3, 0.4) is 0 Å². The Labute approximate surface area is 67.2 Å². The lowest BCUT2D eigenvalue weighted by Crippen LogP contribution is -2.32. The van der Waals surface area contributed by atoms with E-state index in [9.17, 15) is 0 Å². The van der Waals surface area contributed by atoms with Crippen LogP contribution in [0.15, 0.2) is 0 Å². The molecule has 0 saturated heterocycles. The van der Waals surface area contributed by atoms with Crippen molar-refractivity contribution in [3.05, 3.63) is 0 Å². The van der Waals surface area contributed by atoms with Gasteiger partial charge < -0.3 is 0 Å². The molecule has 8 heavy (non-hydrogen) atoms. The van der Waals surface area contributed by atoms with Crippen molar-refractivity contribution < 1.29 is 0 Å². The fourth-order valence-electron chi connectivity index (χ4n) is 0.612. The van der Waals surface area contributed by atoms with E-state index in [1.165, 1.54) is 6.42 Å². The summed E-state index contributed by atoms with van der Waals surface area (Å²) in [5.74, 6) is 0. The first-order valence-corrected chi connectivity index (χ1v) is 7.95. The molecule has 0 N–H and O–H groups in total. The molecule has 0 heterocycles. The van der Waals surface area contributed by atoms with E-state index in [4.69, 9.17) is 0 Å². The van der Waals surface area contributed by atoms with Crippen molar-refractivity contribution in [3.63, 3.8) is 0 Å². The Morgan fingerprint density at radius 3 is 1.75 bits per heavy atom. The molecule has 0 saturated carbocycles. The molecule has 0 aromatic rings. The molecule has 0 aromatic heterocycles. The van der Waals surface area contributed by atoms with Gasteiger partial charge >= 0.3 is 0 Å². The van der Waals surface area contributed by atoms with Crippen LogP contribution in [0.1, 0.15) is 13.3 Å². The minimum absolute atomic E-state index is 0.774. The topological polar surface area (TPSA) is 0 Å². The summed E-state index contributed by atoms with van der Waals surface area (Å²) < 4.78 is 0.958. The van der Waals surface area contributed by atoms with Gasteiger partial charge in [0.15, 0.2) is 0 Å². The highest BCUT2D eigenvalue weighted by atomic mass is 127. The lowest BCUT2D eigenvalue weighted by atomic mass is 10.6. The predicted octanol–water partition coefficient (Wildman–Crippen LogP) is 3.08. The van der Waals surface area contributed by atoms with Gasteiger partial charge in [0.05, 0.1) is 8.07 Å². The summed E-state index contributed by atoms with van der Waals surface area (Å²) in [6, 6.07) is 0. The summed E-state index contributed by atoms with van der Waals surface area (Å²) >= 11 is 2.57. The molecule has 0 spiro atoms. The molecule has 0 radical (unpaired) electrons. The molecule has 0 bridgehead atoms. The largest absolute Gasteiger partial charge is 0.0861 e. The van der Waals surface area contributed by atoms with Gasteiger partial charge in [-0.05, 0) is 6.42 Å². The average molecular weight is 242 g/mol. The number of halogens is 1. The molecular formula is C6H15ISi. The number of rotatable bonds is 2. The normalized spacial score (nSPS) is 16.1. The van der Waals surface area contributed by atoms with E-state index in [1.807, 2.05) is 0 Å². The molecule has 0 fully saturated rings. The van der Waals surface area contributed by atoms with Crippen LogP contribution in [0.25, 0.3) is 0 Å². The molecule has 0 aliphatic rings. The molecule has 0 aliphatic carbocycles. The second-order valence-corrected chi connectivity index (χ2v) is 11.3. The molecule has 50 valence electrons. The summed E-state index contributed by atoms with van der Waals surface area (Å²) in [5, 5.41) is 0. The van der Waals surface area contributed by atoms with Gasteiger partial charge in [0.1, 0.15) is 0 Å². The zero-order valence-electron chi connectivity index (χ0n) is 6.16. The van der Waals surface area contributed by atoms with Crippen molar-refractivity contribution in [2.45, 2.75) is 36.5 Å². The third-order valence-corrected chi connectivity index (χ3v) is 10.1. The van der Waals surface area contributed by atoms with Crippen LogP contribution in [0.5, 0.6) is 0 Å². The van der Waals surface area contributed by atoms with Gasteiger partial charge in [-0.1, -0.05) is 49.2 Å². The highest BCUT2D eigenvalue weighted by molar-refractivity contribution is 14.1. The average Bonchev–Trinajstić information content (AvgIpc) is 1.62. The fraction of sp³-hybridized carbons (Fsp3) is 1.00. The molecular weight excluding hydrogens is 227 g/mol. The molecule has 0 amide bonds. The van der Waals surface area contributed by atoms with Crippen LogP contribution in [-0.2, 0) is 0 Å². The third kappa shape index (κ3) is 3.07. The van der Waals surface area contributed by atoms with E-state index in [0.717, 1.165) is 3.55 Å². The van der Waals surface area contributed by atoms with Crippen LogP contribution >= 0.6 is 22.6 Å². The molecule has 0 aliphatic heterocycles. The zero-order chi connectivity index (χ0) is 6.78. The van der Waals surface area contributed by atoms with Gasteiger partial charge in [-0.25, -0.2) is 0 Å². The van der Waals surface area contributed by atoms with Crippen molar-refractivity contribution in [1.82, 2.24) is 0 Å². The second-order valence-electron chi connectivity index (χ2n) is 3.24. The third-order valence-electron chi connectivity index (χ3n) is 1.30.